The van der Waals surface area contributed by atoms with E-state index in [0.29, 0.717) is 6.04 Å². The van der Waals surface area contributed by atoms with E-state index in [1.165, 1.54) is 26.8 Å². The first-order valence-corrected chi connectivity index (χ1v) is 8.27. The van der Waals surface area contributed by atoms with E-state index in [4.69, 9.17) is 0 Å². The van der Waals surface area contributed by atoms with Crippen molar-refractivity contribution in [1.82, 2.24) is 5.32 Å². The van der Waals surface area contributed by atoms with Gasteiger partial charge in [0.1, 0.15) is 0 Å². The van der Waals surface area contributed by atoms with Gasteiger partial charge in [0.2, 0.25) is 0 Å². The number of aryl methyl sites for hydroxylation is 1. The molecule has 0 fully saturated rings. The average Bonchev–Trinajstić information content (AvgIpc) is 3.03. The average molecular weight is 287 g/mol. The van der Waals surface area contributed by atoms with Crippen LogP contribution in [0.2, 0.25) is 0 Å². The van der Waals surface area contributed by atoms with Crippen LogP contribution in [0.15, 0.2) is 40.4 Å². The first-order chi connectivity index (χ1) is 9.29. The fraction of sp³-hybridized carbons (Fsp3) is 0.250. The van der Waals surface area contributed by atoms with Gasteiger partial charge in [0, 0.05) is 10.7 Å². The molecule has 0 bridgehead atoms. The van der Waals surface area contributed by atoms with Crippen LogP contribution in [0.3, 0.4) is 0 Å². The number of thiophene rings is 2. The molecule has 1 aromatic carbocycles. The lowest BCUT2D eigenvalue weighted by atomic mass is 9.98. The van der Waals surface area contributed by atoms with Gasteiger partial charge < -0.3 is 5.32 Å². The summed E-state index contributed by atoms with van der Waals surface area (Å²) >= 11 is 3.63. The van der Waals surface area contributed by atoms with Crippen LogP contribution in [0.5, 0.6) is 0 Å². The number of benzene rings is 1. The maximum atomic E-state index is 3.46. The highest BCUT2D eigenvalue weighted by Gasteiger charge is 2.15. The summed E-state index contributed by atoms with van der Waals surface area (Å²) in [6, 6.07) is 9.08. The summed E-state index contributed by atoms with van der Waals surface area (Å²) in [5, 5.41) is 11.7. The SMILES string of the molecule is CNC(Cc1csc2ccccc12)c1cscc1C. The van der Waals surface area contributed by atoms with Crippen molar-refractivity contribution >= 4 is 32.8 Å². The Hall–Kier alpha value is -1.16. The molecule has 19 heavy (non-hydrogen) atoms. The number of likely N-dealkylation sites (N-methyl/N-ethyl adjacent to an activating group) is 1. The topological polar surface area (TPSA) is 12.0 Å². The Bertz CT molecular complexity index is 681. The highest BCUT2D eigenvalue weighted by molar-refractivity contribution is 7.17. The molecule has 3 rings (SSSR count). The molecule has 2 heterocycles. The molecule has 1 atom stereocenters. The maximum Gasteiger partial charge on any atom is 0.0369 e. The zero-order valence-corrected chi connectivity index (χ0v) is 12.8. The second-order valence-corrected chi connectivity index (χ2v) is 6.47. The van der Waals surface area contributed by atoms with Gasteiger partial charge in [-0.2, -0.15) is 11.3 Å². The third-order valence-electron chi connectivity index (χ3n) is 3.60. The summed E-state index contributed by atoms with van der Waals surface area (Å²) in [6.45, 7) is 2.20. The van der Waals surface area contributed by atoms with Crippen LogP contribution in [0, 0.1) is 6.92 Å². The molecule has 1 unspecified atom stereocenters. The van der Waals surface area contributed by atoms with Gasteiger partial charge in [-0.1, -0.05) is 18.2 Å². The summed E-state index contributed by atoms with van der Waals surface area (Å²) in [4.78, 5) is 0. The molecule has 1 nitrogen and oxygen atoms in total. The van der Waals surface area contributed by atoms with Crippen LogP contribution in [-0.2, 0) is 6.42 Å². The lowest BCUT2D eigenvalue weighted by Crippen LogP contribution is -2.18. The van der Waals surface area contributed by atoms with Crippen LogP contribution in [-0.4, -0.2) is 7.05 Å². The van der Waals surface area contributed by atoms with Crippen LogP contribution < -0.4 is 5.32 Å². The lowest BCUT2D eigenvalue weighted by molar-refractivity contribution is 0.593. The lowest BCUT2D eigenvalue weighted by Gasteiger charge is -2.16. The van der Waals surface area contributed by atoms with E-state index >= 15 is 0 Å². The van der Waals surface area contributed by atoms with Crippen LogP contribution >= 0.6 is 22.7 Å². The number of hydrogen-bond donors (Lipinski definition) is 1. The number of rotatable bonds is 4. The van der Waals surface area contributed by atoms with E-state index in [2.05, 4.69) is 59.7 Å². The summed E-state index contributed by atoms with van der Waals surface area (Å²) < 4.78 is 1.38. The smallest absolute Gasteiger partial charge is 0.0369 e. The van der Waals surface area contributed by atoms with E-state index in [0.717, 1.165) is 6.42 Å². The molecule has 2 aromatic heterocycles. The molecular formula is C16H17NS2. The molecule has 0 spiro atoms. The van der Waals surface area contributed by atoms with Gasteiger partial charge in [0.15, 0.2) is 0 Å². The van der Waals surface area contributed by atoms with Crippen molar-refractivity contribution in [3.05, 3.63) is 57.1 Å². The predicted molar refractivity (Wildman–Crippen MR) is 86.4 cm³/mol. The first kappa shape index (κ1) is 12.9. The third kappa shape index (κ3) is 2.46. The summed E-state index contributed by atoms with van der Waals surface area (Å²) in [7, 11) is 2.05. The first-order valence-electron chi connectivity index (χ1n) is 6.44. The number of hydrogen-bond acceptors (Lipinski definition) is 3. The summed E-state index contributed by atoms with van der Waals surface area (Å²) in [5.74, 6) is 0. The normalized spacial score (nSPS) is 12.9. The molecule has 98 valence electrons. The van der Waals surface area contributed by atoms with Gasteiger partial charge in [0.05, 0.1) is 0 Å². The van der Waals surface area contributed by atoms with Crippen LogP contribution in [0.25, 0.3) is 10.1 Å². The second kappa shape index (κ2) is 5.45. The van der Waals surface area contributed by atoms with Crippen molar-refractivity contribution in [1.29, 1.82) is 0 Å². The Morgan fingerprint density at radius 3 is 2.74 bits per heavy atom. The zero-order chi connectivity index (χ0) is 13.2. The van der Waals surface area contributed by atoms with Crippen molar-refractivity contribution in [3.8, 4) is 0 Å². The molecule has 0 saturated heterocycles. The van der Waals surface area contributed by atoms with E-state index in [1.54, 1.807) is 11.3 Å². The number of fused-ring (bicyclic) bond motifs is 1. The monoisotopic (exact) mass is 287 g/mol. The minimum absolute atomic E-state index is 0.407. The van der Waals surface area contributed by atoms with E-state index < -0.39 is 0 Å². The van der Waals surface area contributed by atoms with Crippen molar-refractivity contribution in [3.63, 3.8) is 0 Å². The molecule has 0 aliphatic carbocycles. The molecule has 0 aliphatic heterocycles. The number of nitrogens with one attached hydrogen (secondary N) is 1. The minimum Gasteiger partial charge on any atom is -0.313 e. The van der Waals surface area contributed by atoms with E-state index in [1.807, 2.05) is 11.3 Å². The molecular weight excluding hydrogens is 270 g/mol. The molecule has 0 radical (unpaired) electrons. The van der Waals surface area contributed by atoms with Crippen molar-refractivity contribution in [2.45, 2.75) is 19.4 Å². The third-order valence-corrected chi connectivity index (χ3v) is 5.50. The van der Waals surface area contributed by atoms with Gasteiger partial charge in [-0.15, -0.1) is 11.3 Å². The van der Waals surface area contributed by atoms with Gasteiger partial charge in [0.25, 0.3) is 0 Å². The van der Waals surface area contributed by atoms with E-state index in [-0.39, 0.29) is 0 Å². The molecule has 3 aromatic rings. The van der Waals surface area contributed by atoms with Crippen LogP contribution in [0.4, 0.5) is 0 Å². The standard InChI is InChI=1S/C16H17NS2/c1-11-8-18-10-14(11)15(17-2)7-12-9-19-16-6-4-3-5-13(12)16/h3-6,8-10,15,17H,7H2,1-2H3. The van der Waals surface area contributed by atoms with Gasteiger partial charge >= 0.3 is 0 Å². The molecule has 0 aliphatic rings. The Labute approximate surface area is 121 Å². The Balaban J connectivity index is 1.93. The highest BCUT2D eigenvalue weighted by atomic mass is 32.1. The fourth-order valence-electron chi connectivity index (χ4n) is 2.51. The van der Waals surface area contributed by atoms with Gasteiger partial charge in [-0.3, -0.25) is 0 Å². The van der Waals surface area contributed by atoms with Crippen molar-refractivity contribution in [2.24, 2.45) is 0 Å². The largest absolute Gasteiger partial charge is 0.313 e. The molecule has 1 N–H and O–H groups in total. The molecule has 0 amide bonds. The zero-order valence-electron chi connectivity index (χ0n) is 11.1. The minimum atomic E-state index is 0.407. The highest BCUT2D eigenvalue weighted by Crippen LogP contribution is 2.31. The maximum absolute atomic E-state index is 3.46. The quantitative estimate of drug-likeness (QED) is 0.728. The second-order valence-electron chi connectivity index (χ2n) is 4.81. The molecule has 3 heteroatoms. The molecule has 0 saturated carbocycles. The Kier molecular flexibility index (Phi) is 3.69. The van der Waals surface area contributed by atoms with E-state index in [9.17, 15) is 0 Å². The van der Waals surface area contributed by atoms with Crippen LogP contribution in [0.1, 0.15) is 22.7 Å². The van der Waals surface area contributed by atoms with Gasteiger partial charge in [-0.05, 0) is 64.7 Å². The fourth-order valence-corrected chi connectivity index (χ4v) is 4.39. The van der Waals surface area contributed by atoms with Gasteiger partial charge in [-0.25, -0.2) is 0 Å². The van der Waals surface area contributed by atoms with Crippen molar-refractivity contribution in [2.75, 3.05) is 7.05 Å². The Morgan fingerprint density at radius 1 is 1.16 bits per heavy atom. The predicted octanol–water partition coefficient (Wildman–Crippen LogP) is 4.77. The summed E-state index contributed by atoms with van der Waals surface area (Å²) in [6.07, 6.45) is 1.05. The summed E-state index contributed by atoms with van der Waals surface area (Å²) in [5.41, 5.74) is 4.28. The Morgan fingerprint density at radius 2 is 2.00 bits per heavy atom. The van der Waals surface area contributed by atoms with Crippen molar-refractivity contribution < 1.29 is 0 Å².